The maximum atomic E-state index is 13.8. The SMILES string of the molecule is CCC(NC(=O)N1CC(NOc2ccccc2)=NC[C@@H](Cc2cc(Cl)ccc2OC)C1=O)c1ccc(O)c(C(=O)O)c1. The highest BCUT2D eigenvalue weighted by Gasteiger charge is 2.34. The molecular weight excluding hydrogens is 564 g/mol. The number of carbonyl (C=O) groups is 3. The van der Waals surface area contributed by atoms with Crippen molar-refractivity contribution in [2.75, 3.05) is 20.2 Å². The number of methoxy groups -OCH3 is 1. The van der Waals surface area contributed by atoms with E-state index in [9.17, 15) is 24.6 Å². The molecule has 4 N–H and O–H groups in total. The number of nitrogens with one attached hydrogen (secondary N) is 2. The van der Waals surface area contributed by atoms with Crippen LogP contribution in [0, 0.1) is 5.92 Å². The Balaban J connectivity index is 1.60. The average molecular weight is 595 g/mol. The van der Waals surface area contributed by atoms with Crippen molar-refractivity contribution in [3.05, 3.63) is 88.4 Å². The number of carbonyl (C=O) groups excluding carboxylic acids is 2. The van der Waals surface area contributed by atoms with Crippen LogP contribution in [0.4, 0.5) is 4.79 Å². The lowest BCUT2D eigenvalue weighted by Gasteiger charge is -2.26. The number of aliphatic imine (C=N–C) groups is 1. The fourth-order valence-electron chi connectivity index (χ4n) is 4.55. The second kappa shape index (κ2) is 13.7. The zero-order chi connectivity index (χ0) is 30.2. The van der Waals surface area contributed by atoms with Crippen LogP contribution in [0.5, 0.6) is 17.2 Å². The van der Waals surface area contributed by atoms with E-state index in [0.717, 1.165) is 4.90 Å². The zero-order valence-corrected chi connectivity index (χ0v) is 23.8. The Morgan fingerprint density at radius 2 is 1.90 bits per heavy atom. The second-order valence-corrected chi connectivity index (χ2v) is 10.0. The molecule has 220 valence electrons. The van der Waals surface area contributed by atoms with Gasteiger partial charge in [0, 0.05) is 5.02 Å². The highest BCUT2D eigenvalue weighted by molar-refractivity contribution is 6.30. The number of benzene rings is 3. The van der Waals surface area contributed by atoms with Crippen LogP contribution in [0.25, 0.3) is 0 Å². The van der Waals surface area contributed by atoms with E-state index in [4.69, 9.17) is 21.2 Å². The normalized spacial score (nSPS) is 15.7. The van der Waals surface area contributed by atoms with Crippen molar-refractivity contribution in [2.45, 2.75) is 25.8 Å². The van der Waals surface area contributed by atoms with Gasteiger partial charge in [0.1, 0.15) is 17.1 Å². The lowest BCUT2D eigenvalue weighted by molar-refractivity contribution is -0.131. The molecule has 0 radical (unpaired) electrons. The van der Waals surface area contributed by atoms with E-state index in [1.807, 2.05) is 6.07 Å². The van der Waals surface area contributed by atoms with Crippen LogP contribution in [-0.4, -0.2) is 59.1 Å². The molecule has 3 aromatic rings. The molecule has 0 saturated heterocycles. The summed E-state index contributed by atoms with van der Waals surface area (Å²) in [4.78, 5) is 50.2. The molecule has 0 aliphatic carbocycles. The molecule has 4 rings (SSSR count). The summed E-state index contributed by atoms with van der Waals surface area (Å²) in [6, 6.07) is 16.8. The summed E-state index contributed by atoms with van der Waals surface area (Å²) < 4.78 is 5.45. The Kier molecular flexibility index (Phi) is 9.87. The van der Waals surface area contributed by atoms with E-state index in [2.05, 4.69) is 15.8 Å². The number of hydrogen-bond acceptors (Lipinski definition) is 8. The number of ether oxygens (including phenoxy) is 1. The number of amides is 3. The van der Waals surface area contributed by atoms with Crippen molar-refractivity contribution in [1.29, 1.82) is 0 Å². The summed E-state index contributed by atoms with van der Waals surface area (Å²) in [6.45, 7) is 1.67. The monoisotopic (exact) mass is 594 g/mol. The highest BCUT2D eigenvalue weighted by atomic mass is 35.5. The van der Waals surface area contributed by atoms with Gasteiger partial charge >= 0.3 is 12.0 Å². The number of hydrogen-bond donors (Lipinski definition) is 4. The van der Waals surface area contributed by atoms with Crippen molar-refractivity contribution < 1.29 is 34.2 Å². The number of hydroxylamine groups is 1. The molecule has 0 bridgehead atoms. The molecule has 11 nitrogen and oxygen atoms in total. The predicted molar refractivity (Wildman–Crippen MR) is 156 cm³/mol. The lowest BCUT2D eigenvalue weighted by atomic mass is 9.97. The number of halogens is 1. The fourth-order valence-corrected chi connectivity index (χ4v) is 4.75. The van der Waals surface area contributed by atoms with Gasteiger partial charge in [-0.2, -0.15) is 0 Å². The maximum Gasteiger partial charge on any atom is 0.339 e. The zero-order valence-electron chi connectivity index (χ0n) is 23.0. The Morgan fingerprint density at radius 1 is 1.14 bits per heavy atom. The van der Waals surface area contributed by atoms with Crippen molar-refractivity contribution in [3.8, 4) is 17.2 Å². The molecule has 1 aliphatic heterocycles. The Hall–Kier alpha value is -4.77. The second-order valence-electron chi connectivity index (χ2n) is 9.58. The minimum Gasteiger partial charge on any atom is -0.507 e. The molecule has 2 atom stereocenters. The first kappa shape index (κ1) is 30.2. The third-order valence-electron chi connectivity index (χ3n) is 6.77. The number of rotatable bonds is 9. The largest absolute Gasteiger partial charge is 0.507 e. The summed E-state index contributed by atoms with van der Waals surface area (Å²) in [5, 5.41) is 22.6. The molecule has 1 aliphatic rings. The molecule has 3 aromatic carbocycles. The number of aromatic carboxylic acids is 1. The van der Waals surface area contributed by atoms with Gasteiger partial charge in [-0.3, -0.25) is 14.7 Å². The topological polar surface area (TPSA) is 150 Å². The Labute approximate surface area is 247 Å². The standard InChI is InChI=1S/C30H31ClN4O7/c1-3-24(18-9-11-25(36)23(15-18)29(38)39)33-30(40)35-17-27(34-42-22-7-5-4-6-8-22)32-16-20(28(35)37)13-19-14-21(31)10-12-26(19)41-2/h4-12,14-15,20,24,36H,3,13,16-17H2,1-2H3,(H,32,34)(H,33,40)(H,38,39)/t20-,24?/m1/s1. The summed E-state index contributed by atoms with van der Waals surface area (Å²) in [5.74, 6) is -1.57. The van der Waals surface area contributed by atoms with Gasteiger partial charge < -0.3 is 25.1 Å². The maximum absolute atomic E-state index is 13.8. The van der Waals surface area contributed by atoms with Crippen LogP contribution in [0.15, 0.2) is 71.7 Å². The predicted octanol–water partition coefficient (Wildman–Crippen LogP) is 4.60. The summed E-state index contributed by atoms with van der Waals surface area (Å²) in [5.41, 5.74) is 3.62. The van der Waals surface area contributed by atoms with Crippen molar-refractivity contribution >= 4 is 35.3 Å². The molecule has 42 heavy (non-hydrogen) atoms. The fraction of sp³-hybridized carbons (Fsp3) is 0.267. The van der Waals surface area contributed by atoms with Crippen LogP contribution >= 0.6 is 11.6 Å². The number of carboxylic acid groups (broad SMARTS) is 1. The van der Waals surface area contributed by atoms with Gasteiger partial charge in [0.25, 0.3) is 0 Å². The first-order valence-electron chi connectivity index (χ1n) is 13.2. The van der Waals surface area contributed by atoms with Gasteiger partial charge in [-0.1, -0.05) is 42.8 Å². The van der Waals surface area contributed by atoms with Gasteiger partial charge in [0.2, 0.25) is 5.91 Å². The number of aromatic hydroxyl groups is 1. The van der Waals surface area contributed by atoms with E-state index in [-0.39, 0.29) is 36.7 Å². The van der Waals surface area contributed by atoms with E-state index in [1.165, 1.54) is 25.3 Å². The lowest BCUT2D eigenvalue weighted by Crippen LogP contribution is -2.50. The summed E-state index contributed by atoms with van der Waals surface area (Å²) in [7, 11) is 1.52. The van der Waals surface area contributed by atoms with E-state index >= 15 is 0 Å². The molecule has 0 aromatic heterocycles. The van der Waals surface area contributed by atoms with Crippen molar-refractivity contribution in [1.82, 2.24) is 15.7 Å². The molecule has 3 amide bonds. The molecule has 1 unspecified atom stereocenters. The highest BCUT2D eigenvalue weighted by Crippen LogP contribution is 2.28. The first-order valence-corrected chi connectivity index (χ1v) is 13.6. The van der Waals surface area contributed by atoms with Crippen LogP contribution < -0.4 is 20.4 Å². The Morgan fingerprint density at radius 3 is 2.60 bits per heavy atom. The molecule has 0 fully saturated rings. The number of nitrogens with zero attached hydrogens (tertiary/aromatic N) is 2. The summed E-state index contributed by atoms with van der Waals surface area (Å²) in [6.07, 6.45) is 0.594. The summed E-state index contributed by atoms with van der Waals surface area (Å²) >= 11 is 6.21. The smallest absolute Gasteiger partial charge is 0.339 e. The van der Waals surface area contributed by atoms with Crippen molar-refractivity contribution in [2.24, 2.45) is 10.9 Å². The third kappa shape index (κ3) is 7.29. The quantitative estimate of drug-likeness (QED) is 0.263. The number of amidine groups is 1. The Bertz CT molecular complexity index is 1480. The van der Waals surface area contributed by atoms with Crippen molar-refractivity contribution in [3.63, 3.8) is 0 Å². The number of imide groups is 1. The van der Waals surface area contributed by atoms with Gasteiger partial charge in [0.05, 0.1) is 32.2 Å². The van der Waals surface area contributed by atoms with E-state index in [1.54, 1.807) is 49.4 Å². The van der Waals surface area contributed by atoms with Gasteiger partial charge in [0.15, 0.2) is 11.6 Å². The molecule has 0 spiro atoms. The van der Waals surface area contributed by atoms with Gasteiger partial charge in [-0.05, 0) is 66.4 Å². The van der Waals surface area contributed by atoms with Crippen LogP contribution in [0.2, 0.25) is 5.02 Å². The number of phenols is 1. The minimum absolute atomic E-state index is 0.0654. The number of carboxylic acids is 1. The van der Waals surface area contributed by atoms with Crippen LogP contribution in [-0.2, 0) is 11.2 Å². The van der Waals surface area contributed by atoms with E-state index < -0.39 is 29.9 Å². The van der Waals surface area contributed by atoms with Crippen LogP contribution in [0.3, 0.4) is 0 Å². The third-order valence-corrected chi connectivity index (χ3v) is 7.00. The van der Waals surface area contributed by atoms with Gasteiger partial charge in [-0.25, -0.2) is 15.1 Å². The first-order chi connectivity index (χ1) is 20.2. The number of urea groups is 1. The van der Waals surface area contributed by atoms with Crippen LogP contribution in [0.1, 0.15) is 40.9 Å². The number of para-hydroxylation sites is 1. The molecule has 1 heterocycles. The molecular formula is C30H31ClN4O7. The van der Waals surface area contributed by atoms with E-state index in [0.29, 0.717) is 34.1 Å². The average Bonchev–Trinajstić information content (AvgIpc) is 3.14. The minimum atomic E-state index is -1.30. The van der Waals surface area contributed by atoms with Gasteiger partial charge in [-0.15, -0.1) is 0 Å². The molecule has 12 heteroatoms. The molecule has 0 saturated carbocycles.